The van der Waals surface area contributed by atoms with Gasteiger partial charge in [0.25, 0.3) is 0 Å². The molecule has 0 aliphatic heterocycles. The van der Waals surface area contributed by atoms with E-state index in [4.69, 9.17) is 4.42 Å². The van der Waals surface area contributed by atoms with Gasteiger partial charge in [0.1, 0.15) is 11.3 Å². The number of nitrogens with one attached hydrogen (secondary N) is 1. The van der Waals surface area contributed by atoms with Crippen molar-refractivity contribution < 1.29 is 4.42 Å². The molecule has 2 rings (SSSR count). The molecule has 1 atom stereocenters. The molecule has 19 heavy (non-hydrogen) atoms. The van der Waals surface area contributed by atoms with Crippen molar-refractivity contribution in [3.05, 3.63) is 47.2 Å². The van der Waals surface area contributed by atoms with Crippen molar-refractivity contribution in [1.82, 2.24) is 5.32 Å². The van der Waals surface area contributed by atoms with Gasteiger partial charge in [0.05, 0.1) is 6.04 Å². The van der Waals surface area contributed by atoms with E-state index in [1.54, 1.807) is 0 Å². The molecule has 2 heteroatoms. The largest absolute Gasteiger partial charge is 0.459 e. The molecule has 2 nitrogen and oxygen atoms in total. The van der Waals surface area contributed by atoms with Crippen LogP contribution in [-0.4, -0.2) is 6.54 Å². The van der Waals surface area contributed by atoms with Gasteiger partial charge in [-0.2, -0.15) is 0 Å². The molecule has 0 spiro atoms. The number of hydrogen-bond acceptors (Lipinski definition) is 2. The number of allylic oxidation sites excluding steroid dienone is 1. The third-order valence-electron chi connectivity index (χ3n) is 3.41. The van der Waals surface area contributed by atoms with E-state index in [0.29, 0.717) is 0 Å². The van der Waals surface area contributed by atoms with Crippen LogP contribution < -0.4 is 5.32 Å². The molecule has 0 radical (unpaired) electrons. The first-order valence-electron chi connectivity index (χ1n) is 7.00. The molecule has 2 aromatic rings. The van der Waals surface area contributed by atoms with Crippen LogP contribution in [0.25, 0.3) is 11.0 Å². The second-order valence-corrected chi connectivity index (χ2v) is 5.21. The fourth-order valence-electron chi connectivity index (χ4n) is 2.36. The van der Waals surface area contributed by atoms with Crippen molar-refractivity contribution in [2.45, 2.75) is 40.2 Å². The average Bonchev–Trinajstić information content (AvgIpc) is 2.76. The molecule has 0 aliphatic carbocycles. The molecule has 1 aromatic carbocycles. The molecule has 1 N–H and O–H groups in total. The van der Waals surface area contributed by atoms with E-state index < -0.39 is 0 Å². The quantitative estimate of drug-likeness (QED) is 0.791. The molecule has 0 saturated carbocycles. The highest BCUT2D eigenvalue weighted by Crippen LogP contribution is 2.30. The van der Waals surface area contributed by atoms with E-state index in [0.717, 1.165) is 24.3 Å². The Morgan fingerprint density at radius 2 is 2.05 bits per heavy atom. The SMILES string of the molecule is CCc1c(C(C)NCC=C(C)C)oc2ccccc12. The first-order valence-corrected chi connectivity index (χ1v) is 7.00. The third kappa shape index (κ3) is 3.07. The minimum absolute atomic E-state index is 0.234. The number of hydrogen-bond donors (Lipinski definition) is 1. The van der Waals surface area contributed by atoms with Gasteiger partial charge in [0.2, 0.25) is 0 Å². The van der Waals surface area contributed by atoms with Gasteiger partial charge in [-0.15, -0.1) is 0 Å². The molecule has 1 aromatic heterocycles. The summed E-state index contributed by atoms with van der Waals surface area (Å²) < 4.78 is 6.03. The zero-order valence-electron chi connectivity index (χ0n) is 12.3. The Balaban J connectivity index is 2.26. The average molecular weight is 257 g/mol. The molecule has 0 fully saturated rings. The van der Waals surface area contributed by atoms with Crippen molar-refractivity contribution >= 4 is 11.0 Å². The monoisotopic (exact) mass is 257 g/mol. The molecule has 0 saturated heterocycles. The smallest absolute Gasteiger partial charge is 0.134 e. The lowest BCUT2D eigenvalue weighted by atomic mass is 10.1. The number of aryl methyl sites for hydroxylation is 1. The van der Waals surface area contributed by atoms with Gasteiger partial charge in [-0.1, -0.05) is 36.8 Å². The van der Waals surface area contributed by atoms with E-state index >= 15 is 0 Å². The fourth-order valence-corrected chi connectivity index (χ4v) is 2.36. The highest BCUT2D eigenvalue weighted by atomic mass is 16.3. The summed E-state index contributed by atoms with van der Waals surface area (Å²) in [5.74, 6) is 1.07. The van der Waals surface area contributed by atoms with Gasteiger partial charge in [-0.25, -0.2) is 0 Å². The predicted octanol–water partition coefficient (Wildman–Crippen LogP) is 4.61. The summed E-state index contributed by atoms with van der Waals surface area (Å²) in [4.78, 5) is 0. The van der Waals surface area contributed by atoms with Crippen molar-refractivity contribution in [2.75, 3.05) is 6.54 Å². The number of rotatable bonds is 5. The summed E-state index contributed by atoms with van der Waals surface area (Å²) in [6.45, 7) is 9.46. The summed E-state index contributed by atoms with van der Waals surface area (Å²) in [6.07, 6.45) is 3.20. The molecule has 1 heterocycles. The minimum atomic E-state index is 0.234. The van der Waals surface area contributed by atoms with E-state index in [1.807, 2.05) is 12.1 Å². The lowest BCUT2D eigenvalue weighted by molar-refractivity contribution is 0.459. The zero-order valence-corrected chi connectivity index (χ0v) is 12.3. The van der Waals surface area contributed by atoms with Gasteiger partial charge in [0, 0.05) is 17.5 Å². The van der Waals surface area contributed by atoms with Gasteiger partial charge in [-0.3, -0.25) is 0 Å². The Bertz CT molecular complexity index is 576. The van der Waals surface area contributed by atoms with Crippen LogP contribution in [-0.2, 0) is 6.42 Å². The summed E-state index contributed by atoms with van der Waals surface area (Å²) in [5.41, 5.74) is 3.65. The Hall–Kier alpha value is -1.54. The minimum Gasteiger partial charge on any atom is -0.459 e. The third-order valence-corrected chi connectivity index (χ3v) is 3.41. The summed E-state index contributed by atoms with van der Waals surface area (Å²) in [6, 6.07) is 8.52. The van der Waals surface area contributed by atoms with E-state index in [1.165, 1.54) is 16.5 Å². The van der Waals surface area contributed by atoms with Crippen LogP contribution >= 0.6 is 0 Å². The zero-order chi connectivity index (χ0) is 13.8. The van der Waals surface area contributed by atoms with Crippen molar-refractivity contribution in [3.63, 3.8) is 0 Å². The maximum atomic E-state index is 6.03. The Kier molecular flexibility index (Phi) is 4.43. The lowest BCUT2D eigenvalue weighted by Gasteiger charge is -2.11. The molecule has 1 unspecified atom stereocenters. The Labute approximate surface area is 115 Å². The second kappa shape index (κ2) is 6.07. The number of furan rings is 1. The van der Waals surface area contributed by atoms with Crippen molar-refractivity contribution in [1.29, 1.82) is 0 Å². The van der Waals surface area contributed by atoms with Crippen LogP contribution in [0.4, 0.5) is 0 Å². The van der Waals surface area contributed by atoms with E-state index in [9.17, 15) is 0 Å². The Morgan fingerprint density at radius 1 is 1.32 bits per heavy atom. The van der Waals surface area contributed by atoms with E-state index in [2.05, 4.69) is 51.2 Å². The van der Waals surface area contributed by atoms with Gasteiger partial charge < -0.3 is 9.73 Å². The molecule has 102 valence electrons. The molecule has 0 bridgehead atoms. The first-order chi connectivity index (χ1) is 9.13. The highest BCUT2D eigenvalue weighted by Gasteiger charge is 2.17. The number of para-hydroxylation sites is 1. The van der Waals surface area contributed by atoms with E-state index in [-0.39, 0.29) is 6.04 Å². The van der Waals surface area contributed by atoms with Crippen molar-refractivity contribution in [2.24, 2.45) is 0 Å². The maximum Gasteiger partial charge on any atom is 0.134 e. The van der Waals surface area contributed by atoms with Gasteiger partial charge in [-0.05, 0) is 33.3 Å². The highest BCUT2D eigenvalue weighted by molar-refractivity contribution is 5.82. The second-order valence-electron chi connectivity index (χ2n) is 5.21. The van der Waals surface area contributed by atoms with Crippen LogP contribution in [0.5, 0.6) is 0 Å². The topological polar surface area (TPSA) is 25.2 Å². The molecular formula is C17H23NO. The summed E-state index contributed by atoms with van der Waals surface area (Å²) >= 11 is 0. The molecule has 0 aliphatic rings. The predicted molar refractivity (Wildman–Crippen MR) is 81.4 cm³/mol. The van der Waals surface area contributed by atoms with Crippen LogP contribution in [0.2, 0.25) is 0 Å². The van der Waals surface area contributed by atoms with Crippen molar-refractivity contribution in [3.8, 4) is 0 Å². The first kappa shape index (κ1) is 13.9. The summed E-state index contributed by atoms with van der Waals surface area (Å²) in [7, 11) is 0. The molecular weight excluding hydrogens is 234 g/mol. The van der Waals surface area contributed by atoms with Crippen LogP contribution in [0.15, 0.2) is 40.3 Å². The van der Waals surface area contributed by atoms with Crippen LogP contribution in [0.3, 0.4) is 0 Å². The van der Waals surface area contributed by atoms with Gasteiger partial charge in [0.15, 0.2) is 0 Å². The van der Waals surface area contributed by atoms with Crippen LogP contribution in [0.1, 0.15) is 45.1 Å². The fraction of sp³-hybridized carbons (Fsp3) is 0.412. The standard InChI is InChI=1S/C17H23NO/c1-5-14-15-8-6-7-9-16(15)19-17(14)13(4)18-11-10-12(2)3/h6-10,13,18H,5,11H2,1-4H3. The van der Waals surface area contributed by atoms with Gasteiger partial charge >= 0.3 is 0 Å². The lowest BCUT2D eigenvalue weighted by Crippen LogP contribution is -2.19. The number of benzene rings is 1. The van der Waals surface area contributed by atoms with Crippen LogP contribution in [0, 0.1) is 0 Å². The normalized spacial score (nSPS) is 12.6. The summed E-state index contributed by atoms with van der Waals surface area (Å²) in [5, 5.41) is 4.74. The number of fused-ring (bicyclic) bond motifs is 1. The Morgan fingerprint density at radius 3 is 2.74 bits per heavy atom. The maximum absolute atomic E-state index is 6.03. The molecule has 0 amide bonds.